The fourth-order valence-electron chi connectivity index (χ4n) is 2.42. The van der Waals surface area contributed by atoms with Crippen LogP contribution < -0.4 is 0 Å². The fourth-order valence-corrected chi connectivity index (χ4v) is 3.40. The second-order valence-corrected chi connectivity index (χ2v) is 7.47. The molecule has 1 aromatic rings. The lowest BCUT2D eigenvalue weighted by molar-refractivity contribution is 0.591. The molecule has 0 saturated carbocycles. The predicted molar refractivity (Wildman–Crippen MR) is 92.3 cm³/mol. The van der Waals surface area contributed by atoms with E-state index in [1.54, 1.807) is 0 Å². The first kappa shape index (κ1) is 14.2. The van der Waals surface area contributed by atoms with Gasteiger partial charge in [-0.1, -0.05) is 81.1 Å². The maximum Gasteiger partial charge on any atom is 0.0201 e. The van der Waals surface area contributed by atoms with E-state index in [0.717, 1.165) is 0 Å². The summed E-state index contributed by atoms with van der Waals surface area (Å²) in [4.78, 5) is 2.61. The third-order valence-electron chi connectivity index (χ3n) is 3.70. The third kappa shape index (κ3) is 3.14. The largest absolute Gasteiger partial charge is 0.0895 e. The summed E-state index contributed by atoms with van der Waals surface area (Å²) >= 11 is 1.83. The van der Waals surface area contributed by atoms with Crippen molar-refractivity contribution in [1.29, 1.82) is 0 Å². The van der Waals surface area contributed by atoms with Crippen molar-refractivity contribution in [1.82, 2.24) is 0 Å². The standard InChI is InChI=1S/C20H20S/c1-20(2,3)16-11-9-15-10-14-19(18(15)13-12-16)21-17-7-5-4-6-8-17/h4-14H,1-3H3. The van der Waals surface area contributed by atoms with Crippen LogP contribution in [0.3, 0.4) is 0 Å². The molecule has 106 valence electrons. The smallest absolute Gasteiger partial charge is 0.0201 e. The van der Waals surface area contributed by atoms with Gasteiger partial charge in [0.15, 0.2) is 0 Å². The van der Waals surface area contributed by atoms with Crippen molar-refractivity contribution < 1.29 is 0 Å². The van der Waals surface area contributed by atoms with E-state index in [4.69, 9.17) is 0 Å². The average molecular weight is 292 g/mol. The number of rotatable bonds is 2. The minimum Gasteiger partial charge on any atom is -0.0895 e. The molecule has 1 aromatic carbocycles. The SMILES string of the molecule is CC(C)(C)c1ccc2ccc(Sc3ccccc3)c-2cc1. The van der Waals surface area contributed by atoms with Gasteiger partial charge in [-0.3, -0.25) is 0 Å². The second kappa shape index (κ2) is 5.57. The zero-order valence-electron chi connectivity index (χ0n) is 12.8. The van der Waals surface area contributed by atoms with Crippen LogP contribution in [-0.2, 0) is 5.41 Å². The van der Waals surface area contributed by atoms with Crippen LogP contribution >= 0.6 is 11.8 Å². The lowest BCUT2D eigenvalue weighted by Crippen LogP contribution is -2.09. The van der Waals surface area contributed by atoms with Gasteiger partial charge in [-0.15, -0.1) is 0 Å². The van der Waals surface area contributed by atoms with Crippen molar-refractivity contribution in [2.24, 2.45) is 0 Å². The van der Waals surface area contributed by atoms with Gasteiger partial charge in [0, 0.05) is 9.79 Å². The molecule has 0 unspecified atom stereocenters. The van der Waals surface area contributed by atoms with E-state index < -0.39 is 0 Å². The number of benzene rings is 1. The van der Waals surface area contributed by atoms with Crippen LogP contribution in [0.25, 0.3) is 11.1 Å². The van der Waals surface area contributed by atoms with Crippen LogP contribution in [-0.4, -0.2) is 0 Å². The van der Waals surface area contributed by atoms with Gasteiger partial charge in [0.25, 0.3) is 0 Å². The zero-order chi connectivity index (χ0) is 14.9. The van der Waals surface area contributed by atoms with E-state index >= 15 is 0 Å². The Hall–Kier alpha value is -1.73. The van der Waals surface area contributed by atoms with Gasteiger partial charge in [-0.25, -0.2) is 0 Å². The van der Waals surface area contributed by atoms with E-state index in [1.165, 1.54) is 26.5 Å². The Morgan fingerprint density at radius 2 is 1.38 bits per heavy atom. The highest BCUT2D eigenvalue weighted by Crippen LogP contribution is 2.39. The van der Waals surface area contributed by atoms with Gasteiger partial charge < -0.3 is 0 Å². The normalized spacial score (nSPS) is 11.8. The molecule has 0 amide bonds. The third-order valence-corrected chi connectivity index (χ3v) is 4.78. The first-order valence-electron chi connectivity index (χ1n) is 7.30. The molecule has 0 aromatic heterocycles. The van der Waals surface area contributed by atoms with Crippen LogP contribution in [0.1, 0.15) is 26.3 Å². The molecule has 2 aliphatic rings. The van der Waals surface area contributed by atoms with Gasteiger partial charge in [-0.2, -0.15) is 0 Å². The molecule has 0 spiro atoms. The Morgan fingerprint density at radius 1 is 0.714 bits per heavy atom. The monoisotopic (exact) mass is 292 g/mol. The summed E-state index contributed by atoms with van der Waals surface area (Å²) in [6.07, 6.45) is 0. The highest BCUT2D eigenvalue weighted by molar-refractivity contribution is 7.99. The van der Waals surface area contributed by atoms with Crippen molar-refractivity contribution >= 4 is 11.8 Å². The first-order chi connectivity index (χ1) is 10.0. The highest BCUT2D eigenvalue weighted by atomic mass is 32.2. The van der Waals surface area contributed by atoms with E-state index in [2.05, 4.69) is 87.5 Å². The van der Waals surface area contributed by atoms with Crippen molar-refractivity contribution in [3.63, 3.8) is 0 Å². The summed E-state index contributed by atoms with van der Waals surface area (Å²) in [6.45, 7) is 6.77. The molecule has 3 rings (SSSR count). The van der Waals surface area contributed by atoms with Crippen molar-refractivity contribution in [2.45, 2.75) is 36.0 Å². The van der Waals surface area contributed by atoms with Gasteiger partial charge in [0.2, 0.25) is 0 Å². The van der Waals surface area contributed by atoms with Crippen LogP contribution in [0.15, 0.2) is 76.5 Å². The molecule has 0 radical (unpaired) electrons. The van der Waals surface area contributed by atoms with Gasteiger partial charge in [-0.05, 0) is 40.3 Å². The molecule has 2 aliphatic carbocycles. The van der Waals surface area contributed by atoms with Crippen LogP contribution in [0.5, 0.6) is 0 Å². The van der Waals surface area contributed by atoms with Gasteiger partial charge in [0.05, 0.1) is 0 Å². The predicted octanol–water partition coefficient (Wildman–Crippen LogP) is 6.24. The van der Waals surface area contributed by atoms with E-state index in [0.29, 0.717) is 0 Å². The zero-order valence-corrected chi connectivity index (χ0v) is 13.6. The average Bonchev–Trinajstić information content (AvgIpc) is 2.69. The molecule has 0 atom stereocenters. The summed E-state index contributed by atoms with van der Waals surface area (Å²) in [5.74, 6) is 0. The molecule has 0 fully saturated rings. The lowest BCUT2D eigenvalue weighted by Gasteiger charge is -2.17. The van der Waals surface area contributed by atoms with E-state index in [9.17, 15) is 0 Å². The summed E-state index contributed by atoms with van der Waals surface area (Å²) in [6, 6.07) is 24.0. The Bertz CT molecular complexity index is 708. The minimum atomic E-state index is 0.184. The van der Waals surface area contributed by atoms with E-state index in [1.807, 2.05) is 11.8 Å². The maximum atomic E-state index is 2.27. The van der Waals surface area contributed by atoms with Crippen molar-refractivity contribution in [3.8, 4) is 11.1 Å². The van der Waals surface area contributed by atoms with Crippen molar-refractivity contribution in [2.75, 3.05) is 0 Å². The lowest BCUT2D eigenvalue weighted by atomic mass is 9.88. The number of hydrogen-bond donors (Lipinski definition) is 0. The maximum absolute atomic E-state index is 2.27. The molecule has 21 heavy (non-hydrogen) atoms. The van der Waals surface area contributed by atoms with Gasteiger partial charge in [0.1, 0.15) is 0 Å². The summed E-state index contributed by atoms with van der Waals surface area (Å²) in [7, 11) is 0. The summed E-state index contributed by atoms with van der Waals surface area (Å²) < 4.78 is 0. The Balaban J connectivity index is 1.99. The molecular formula is C20H20S. The molecule has 0 nitrogen and oxygen atoms in total. The fraction of sp³-hybridized carbons (Fsp3) is 0.200. The molecule has 0 N–H and O–H groups in total. The highest BCUT2D eigenvalue weighted by Gasteiger charge is 2.15. The molecule has 0 saturated heterocycles. The summed E-state index contributed by atoms with van der Waals surface area (Å²) in [5, 5.41) is 0. The number of fused-ring (bicyclic) bond motifs is 1. The topological polar surface area (TPSA) is 0 Å². The molecular weight excluding hydrogens is 272 g/mol. The minimum absolute atomic E-state index is 0.184. The summed E-state index contributed by atoms with van der Waals surface area (Å²) in [5.41, 5.74) is 4.20. The second-order valence-electron chi connectivity index (χ2n) is 6.35. The van der Waals surface area contributed by atoms with E-state index in [-0.39, 0.29) is 5.41 Å². The quantitative estimate of drug-likeness (QED) is 0.538. The van der Waals surface area contributed by atoms with Crippen LogP contribution in [0.2, 0.25) is 0 Å². The molecule has 1 heteroatoms. The van der Waals surface area contributed by atoms with Gasteiger partial charge >= 0.3 is 0 Å². The Labute approximate surface area is 131 Å². The number of hydrogen-bond acceptors (Lipinski definition) is 1. The molecule has 0 bridgehead atoms. The first-order valence-corrected chi connectivity index (χ1v) is 8.12. The Kier molecular flexibility index (Phi) is 3.77. The Morgan fingerprint density at radius 3 is 2.10 bits per heavy atom. The molecule has 0 aliphatic heterocycles. The molecule has 0 heterocycles. The van der Waals surface area contributed by atoms with Crippen molar-refractivity contribution in [3.05, 3.63) is 72.3 Å². The van der Waals surface area contributed by atoms with Crippen LogP contribution in [0, 0.1) is 0 Å². The van der Waals surface area contributed by atoms with Crippen LogP contribution in [0.4, 0.5) is 0 Å².